The Morgan fingerprint density at radius 1 is 1.36 bits per heavy atom. The zero-order chi connectivity index (χ0) is 16.4. The predicted molar refractivity (Wildman–Crippen MR) is 77.7 cm³/mol. The van der Waals surface area contributed by atoms with E-state index in [0.29, 0.717) is 13.1 Å². The van der Waals surface area contributed by atoms with Gasteiger partial charge < -0.3 is 5.32 Å². The van der Waals surface area contributed by atoms with Gasteiger partial charge in [0.05, 0.1) is 11.3 Å². The molecule has 1 atom stereocenters. The summed E-state index contributed by atoms with van der Waals surface area (Å²) < 4.78 is 64.1. The van der Waals surface area contributed by atoms with Crippen LogP contribution in [0.15, 0.2) is 24.3 Å². The van der Waals surface area contributed by atoms with Gasteiger partial charge in [-0.25, -0.2) is 12.7 Å². The number of hydrogen-bond donors (Lipinski definition) is 1. The maximum absolute atomic E-state index is 12.7. The maximum Gasteiger partial charge on any atom is 0.416 e. The number of nitrogens with zero attached hydrogens (tertiary/aromatic N) is 1. The Labute approximate surface area is 128 Å². The normalized spacial score (nSPS) is 20.5. The van der Waals surface area contributed by atoms with Crippen LogP contribution in [0.4, 0.5) is 13.2 Å². The van der Waals surface area contributed by atoms with Gasteiger partial charge in [0.25, 0.3) is 0 Å². The highest BCUT2D eigenvalue weighted by molar-refractivity contribution is 7.88. The first-order valence-corrected chi connectivity index (χ1v) is 8.62. The molecule has 1 N–H and O–H groups in total. The SMILES string of the molecule is CNCC1CCN(S(=O)(=O)Cc2cccc(C(F)(F)F)c2)C1. The fourth-order valence-electron chi connectivity index (χ4n) is 2.64. The number of halogens is 3. The summed E-state index contributed by atoms with van der Waals surface area (Å²) >= 11 is 0. The van der Waals surface area contributed by atoms with Crippen molar-refractivity contribution in [3.8, 4) is 0 Å². The molecule has 8 heteroatoms. The zero-order valence-corrected chi connectivity index (χ0v) is 13.0. The minimum Gasteiger partial charge on any atom is -0.319 e. The Morgan fingerprint density at radius 3 is 2.73 bits per heavy atom. The summed E-state index contributed by atoms with van der Waals surface area (Å²) in [6.45, 7) is 1.57. The molecular weight excluding hydrogens is 317 g/mol. The largest absolute Gasteiger partial charge is 0.416 e. The Morgan fingerprint density at radius 2 is 2.09 bits per heavy atom. The van der Waals surface area contributed by atoms with E-state index in [1.165, 1.54) is 16.4 Å². The van der Waals surface area contributed by atoms with Gasteiger partial charge in [-0.3, -0.25) is 0 Å². The second-order valence-corrected chi connectivity index (χ2v) is 7.49. The molecule has 1 aromatic rings. The van der Waals surface area contributed by atoms with Gasteiger partial charge in [0.1, 0.15) is 0 Å². The summed E-state index contributed by atoms with van der Waals surface area (Å²) in [5.41, 5.74) is -0.665. The minimum absolute atomic E-state index is 0.159. The first-order valence-electron chi connectivity index (χ1n) is 7.01. The standard InChI is InChI=1S/C14H19F3N2O2S/c1-18-8-12-5-6-19(9-12)22(20,21)10-11-3-2-4-13(7-11)14(15,16)17/h2-4,7,12,18H,5-6,8-10H2,1H3. The van der Waals surface area contributed by atoms with Crippen molar-refractivity contribution < 1.29 is 21.6 Å². The molecule has 0 bridgehead atoms. The van der Waals surface area contributed by atoms with Crippen molar-refractivity contribution in [2.75, 3.05) is 26.7 Å². The first-order chi connectivity index (χ1) is 10.2. The summed E-state index contributed by atoms with van der Waals surface area (Å²) in [6.07, 6.45) is -3.70. The lowest BCUT2D eigenvalue weighted by atomic mass is 10.1. The highest BCUT2D eigenvalue weighted by Gasteiger charge is 2.33. The zero-order valence-electron chi connectivity index (χ0n) is 12.2. The van der Waals surface area contributed by atoms with Crippen molar-refractivity contribution in [2.45, 2.75) is 18.3 Å². The topological polar surface area (TPSA) is 49.4 Å². The third kappa shape index (κ3) is 4.21. The Balaban J connectivity index is 2.10. The van der Waals surface area contributed by atoms with Gasteiger partial charge in [0, 0.05) is 13.1 Å². The van der Waals surface area contributed by atoms with Crippen LogP contribution in [0.1, 0.15) is 17.5 Å². The summed E-state index contributed by atoms with van der Waals surface area (Å²) in [7, 11) is -1.78. The number of rotatable bonds is 5. The fourth-order valence-corrected chi connectivity index (χ4v) is 4.25. The molecule has 1 saturated heterocycles. The van der Waals surface area contributed by atoms with Crippen molar-refractivity contribution in [1.82, 2.24) is 9.62 Å². The molecule has 2 rings (SSSR count). The lowest BCUT2D eigenvalue weighted by Gasteiger charge is -2.17. The van der Waals surface area contributed by atoms with Gasteiger partial charge in [0.15, 0.2) is 0 Å². The van der Waals surface area contributed by atoms with Crippen molar-refractivity contribution >= 4 is 10.0 Å². The quantitative estimate of drug-likeness (QED) is 0.896. The van der Waals surface area contributed by atoms with E-state index in [1.54, 1.807) is 7.05 Å². The van der Waals surface area contributed by atoms with Crippen LogP contribution < -0.4 is 5.32 Å². The van der Waals surface area contributed by atoms with Crippen molar-refractivity contribution in [2.24, 2.45) is 5.92 Å². The van der Waals surface area contributed by atoms with Gasteiger partial charge in [-0.2, -0.15) is 13.2 Å². The smallest absolute Gasteiger partial charge is 0.319 e. The molecule has 4 nitrogen and oxygen atoms in total. The molecule has 1 heterocycles. The van der Waals surface area contributed by atoms with E-state index >= 15 is 0 Å². The Kier molecular flexibility index (Phi) is 5.14. The molecule has 22 heavy (non-hydrogen) atoms. The molecule has 0 amide bonds. The van der Waals surface area contributed by atoms with E-state index < -0.39 is 27.5 Å². The lowest BCUT2D eigenvalue weighted by Crippen LogP contribution is -2.31. The molecule has 1 unspecified atom stereocenters. The fraction of sp³-hybridized carbons (Fsp3) is 0.571. The summed E-state index contributed by atoms with van der Waals surface area (Å²) in [4.78, 5) is 0. The summed E-state index contributed by atoms with van der Waals surface area (Å²) in [5.74, 6) is -0.148. The van der Waals surface area contributed by atoms with E-state index in [1.807, 2.05) is 0 Å². The first kappa shape index (κ1) is 17.2. The third-order valence-electron chi connectivity index (χ3n) is 3.74. The van der Waals surface area contributed by atoms with E-state index in [9.17, 15) is 21.6 Å². The Hall–Kier alpha value is -1.12. The van der Waals surface area contributed by atoms with Gasteiger partial charge in [-0.05, 0) is 37.6 Å². The number of hydrogen-bond acceptors (Lipinski definition) is 3. The number of benzene rings is 1. The molecule has 124 valence electrons. The average molecular weight is 336 g/mol. The lowest BCUT2D eigenvalue weighted by molar-refractivity contribution is -0.137. The Bertz CT molecular complexity index is 617. The second-order valence-electron chi connectivity index (χ2n) is 5.52. The van der Waals surface area contributed by atoms with Crippen LogP contribution in [0.2, 0.25) is 0 Å². The predicted octanol–water partition coefficient (Wildman–Crippen LogP) is 2.08. The van der Waals surface area contributed by atoms with Crippen LogP contribution in [0, 0.1) is 5.92 Å². The number of nitrogens with one attached hydrogen (secondary N) is 1. The average Bonchev–Trinajstić information content (AvgIpc) is 2.87. The summed E-state index contributed by atoms with van der Waals surface area (Å²) in [5, 5.41) is 3.01. The summed E-state index contributed by atoms with van der Waals surface area (Å²) in [6, 6.07) is 4.49. The van der Waals surface area contributed by atoms with E-state index in [0.717, 1.165) is 25.1 Å². The molecule has 0 aliphatic carbocycles. The van der Waals surface area contributed by atoms with Crippen LogP contribution >= 0.6 is 0 Å². The minimum atomic E-state index is -4.47. The maximum atomic E-state index is 12.7. The number of sulfonamides is 1. The van der Waals surface area contributed by atoms with Gasteiger partial charge >= 0.3 is 6.18 Å². The van der Waals surface area contributed by atoms with E-state index in [2.05, 4.69) is 5.32 Å². The molecule has 0 aromatic heterocycles. The van der Waals surface area contributed by atoms with Crippen molar-refractivity contribution in [3.05, 3.63) is 35.4 Å². The van der Waals surface area contributed by atoms with E-state index in [-0.39, 0.29) is 11.5 Å². The highest BCUT2D eigenvalue weighted by Crippen LogP contribution is 2.30. The van der Waals surface area contributed by atoms with Crippen molar-refractivity contribution in [3.63, 3.8) is 0 Å². The molecule has 1 aliphatic rings. The van der Waals surface area contributed by atoms with Gasteiger partial charge in [0.2, 0.25) is 10.0 Å². The molecule has 1 aromatic carbocycles. The van der Waals surface area contributed by atoms with Crippen LogP contribution in [0.25, 0.3) is 0 Å². The van der Waals surface area contributed by atoms with Gasteiger partial charge in [-0.15, -0.1) is 0 Å². The van der Waals surface area contributed by atoms with Crippen LogP contribution in [-0.2, 0) is 22.0 Å². The number of alkyl halides is 3. The molecule has 0 spiro atoms. The van der Waals surface area contributed by atoms with Crippen molar-refractivity contribution in [1.29, 1.82) is 0 Å². The van der Waals surface area contributed by atoms with E-state index in [4.69, 9.17) is 0 Å². The van der Waals surface area contributed by atoms with Crippen LogP contribution in [0.3, 0.4) is 0 Å². The molecule has 0 saturated carbocycles. The molecule has 1 aliphatic heterocycles. The monoisotopic (exact) mass is 336 g/mol. The molecular formula is C14H19F3N2O2S. The molecule has 0 radical (unpaired) electrons. The highest BCUT2D eigenvalue weighted by atomic mass is 32.2. The molecule has 1 fully saturated rings. The third-order valence-corrected chi connectivity index (χ3v) is 5.55. The van der Waals surface area contributed by atoms with Crippen LogP contribution in [0.5, 0.6) is 0 Å². The second kappa shape index (κ2) is 6.55. The van der Waals surface area contributed by atoms with Crippen LogP contribution in [-0.4, -0.2) is 39.4 Å². The van der Waals surface area contributed by atoms with Gasteiger partial charge in [-0.1, -0.05) is 18.2 Å².